The van der Waals surface area contributed by atoms with Gasteiger partial charge in [-0.05, 0) is 24.6 Å². The first-order valence-electron chi connectivity index (χ1n) is 6.37. The van der Waals surface area contributed by atoms with Gasteiger partial charge in [0.05, 0.1) is 0 Å². The van der Waals surface area contributed by atoms with Gasteiger partial charge in [0.15, 0.2) is 5.17 Å². The van der Waals surface area contributed by atoms with E-state index >= 15 is 0 Å². The summed E-state index contributed by atoms with van der Waals surface area (Å²) >= 11 is -0.445. The largest absolute Gasteiger partial charge is 0.442 e. The van der Waals surface area contributed by atoms with Crippen molar-refractivity contribution in [1.29, 1.82) is 0 Å². The van der Waals surface area contributed by atoms with Crippen LogP contribution in [-0.2, 0) is 4.79 Å². The standard InChI is InChI=1S/C11H13F4N3O2S/c12-10(11(13,14)15)7(19)17-9(21-10)18-8(20)16-6-4-2-1-3-5-6/h6H,1-5H2,(H2,16,17,18,19,20)/t10-/m0/s1. The van der Waals surface area contributed by atoms with Crippen LogP contribution in [0.3, 0.4) is 0 Å². The Hall–Kier alpha value is -1.32. The summed E-state index contributed by atoms with van der Waals surface area (Å²) < 4.78 is 51.0. The Morgan fingerprint density at radius 3 is 2.48 bits per heavy atom. The second kappa shape index (κ2) is 5.82. The minimum atomic E-state index is -5.38. The van der Waals surface area contributed by atoms with Crippen molar-refractivity contribution in [3.05, 3.63) is 0 Å². The van der Waals surface area contributed by atoms with E-state index in [1.54, 1.807) is 5.32 Å². The number of alkyl halides is 4. The fourth-order valence-electron chi connectivity index (χ4n) is 2.17. The highest BCUT2D eigenvalue weighted by Gasteiger charge is 2.67. The number of rotatable bonds is 1. The molecule has 1 saturated heterocycles. The molecule has 2 fully saturated rings. The van der Waals surface area contributed by atoms with Gasteiger partial charge in [0.25, 0.3) is 5.91 Å². The highest BCUT2D eigenvalue weighted by Crippen LogP contribution is 2.46. The highest BCUT2D eigenvalue weighted by atomic mass is 32.2. The molecule has 5 nitrogen and oxygen atoms in total. The van der Waals surface area contributed by atoms with Crippen LogP contribution >= 0.6 is 11.8 Å². The number of nitrogens with one attached hydrogen (secondary N) is 2. The molecule has 1 heterocycles. The third-order valence-corrected chi connectivity index (χ3v) is 4.34. The lowest BCUT2D eigenvalue weighted by molar-refractivity contribution is -0.195. The molecule has 0 aromatic heterocycles. The number of carbonyl (C=O) groups excluding carboxylic acids is 2. The maximum absolute atomic E-state index is 13.6. The van der Waals surface area contributed by atoms with Gasteiger partial charge in [0, 0.05) is 6.04 Å². The minimum absolute atomic E-state index is 0.0875. The van der Waals surface area contributed by atoms with Crippen LogP contribution in [0, 0.1) is 0 Å². The third-order valence-electron chi connectivity index (χ3n) is 3.25. The Bertz CT molecular complexity index is 477. The molecule has 1 aliphatic carbocycles. The van der Waals surface area contributed by atoms with E-state index < -0.39 is 40.0 Å². The van der Waals surface area contributed by atoms with Gasteiger partial charge in [0.1, 0.15) is 0 Å². The fourth-order valence-corrected chi connectivity index (χ4v) is 2.96. The Kier molecular flexibility index (Phi) is 4.45. The lowest BCUT2D eigenvalue weighted by atomic mass is 9.96. The van der Waals surface area contributed by atoms with Gasteiger partial charge in [0.2, 0.25) is 0 Å². The van der Waals surface area contributed by atoms with Crippen LogP contribution in [0.4, 0.5) is 22.4 Å². The zero-order valence-electron chi connectivity index (χ0n) is 10.8. The quantitative estimate of drug-likeness (QED) is 0.727. The fraction of sp³-hybridized carbons (Fsp3) is 0.727. The molecule has 0 spiro atoms. The third kappa shape index (κ3) is 3.47. The Morgan fingerprint density at radius 2 is 1.95 bits per heavy atom. The molecular formula is C11H13F4N3O2S. The number of amides is 3. The summed E-state index contributed by atoms with van der Waals surface area (Å²) in [5.74, 6) is -1.87. The Labute approximate surface area is 121 Å². The molecule has 0 aromatic carbocycles. The minimum Gasteiger partial charge on any atom is -0.333 e. The van der Waals surface area contributed by atoms with Gasteiger partial charge >= 0.3 is 17.2 Å². The predicted molar refractivity (Wildman–Crippen MR) is 68.5 cm³/mol. The summed E-state index contributed by atoms with van der Waals surface area (Å²) in [6.07, 6.45) is -0.859. The number of halogens is 4. The molecule has 21 heavy (non-hydrogen) atoms. The van der Waals surface area contributed by atoms with Crippen LogP contribution < -0.4 is 10.6 Å². The zero-order valence-corrected chi connectivity index (χ0v) is 11.6. The molecule has 0 unspecified atom stereocenters. The van der Waals surface area contributed by atoms with Gasteiger partial charge in [-0.25, -0.2) is 9.18 Å². The van der Waals surface area contributed by atoms with Crippen molar-refractivity contribution in [1.82, 2.24) is 10.6 Å². The Balaban J connectivity index is 1.99. The first-order valence-corrected chi connectivity index (χ1v) is 7.19. The maximum Gasteiger partial charge on any atom is 0.442 e. The summed E-state index contributed by atoms with van der Waals surface area (Å²) in [6.45, 7) is 0. The number of aliphatic imine (C=N–C) groups is 1. The second-order valence-electron chi connectivity index (χ2n) is 4.85. The van der Waals surface area contributed by atoms with E-state index in [0.29, 0.717) is 0 Å². The topological polar surface area (TPSA) is 70.6 Å². The van der Waals surface area contributed by atoms with E-state index in [0.717, 1.165) is 32.1 Å². The van der Waals surface area contributed by atoms with E-state index in [4.69, 9.17) is 0 Å². The molecule has 118 valence electrons. The molecule has 1 aliphatic heterocycles. The monoisotopic (exact) mass is 327 g/mol. The van der Waals surface area contributed by atoms with Crippen LogP contribution in [0.15, 0.2) is 4.99 Å². The van der Waals surface area contributed by atoms with Crippen LogP contribution in [0.2, 0.25) is 0 Å². The number of hydrogen-bond acceptors (Lipinski definition) is 3. The lowest BCUT2D eigenvalue weighted by Crippen LogP contribution is -2.45. The summed E-state index contributed by atoms with van der Waals surface area (Å²) in [7, 11) is 0. The van der Waals surface area contributed by atoms with Crippen molar-refractivity contribution in [2.75, 3.05) is 0 Å². The number of thioether (sulfide) groups is 1. The number of carbonyl (C=O) groups is 2. The predicted octanol–water partition coefficient (Wildman–Crippen LogP) is 2.48. The second-order valence-corrected chi connectivity index (χ2v) is 6.00. The van der Waals surface area contributed by atoms with Gasteiger partial charge in [-0.2, -0.15) is 18.2 Å². The molecule has 2 N–H and O–H groups in total. The SMILES string of the molecule is O=C(N=C1NC(=O)[C@@](F)(C(F)(F)F)S1)NC1CCCCC1. The van der Waals surface area contributed by atoms with Crippen LogP contribution in [0.5, 0.6) is 0 Å². The number of urea groups is 1. The molecule has 10 heteroatoms. The van der Waals surface area contributed by atoms with E-state index in [9.17, 15) is 27.2 Å². The molecule has 0 radical (unpaired) electrons. The number of nitrogens with zero attached hydrogens (tertiary/aromatic N) is 1. The lowest BCUT2D eigenvalue weighted by Gasteiger charge is -2.21. The summed E-state index contributed by atoms with van der Waals surface area (Å²) in [5, 5.41) is -0.618. The molecule has 0 bridgehead atoms. The molecular weight excluding hydrogens is 314 g/mol. The van der Waals surface area contributed by atoms with Crippen LogP contribution in [0.1, 0.15) is 32.1 Å². The molecule has 3 amide bonds. The highest BCUT2D eigenvalue weighted by molar-refractivity contribution is 8.16. The zero-order chi connectivity index (χ0) is 15.7. The van der Waals surface area contributed by atoms with E-state index in [1.165, 1.54) is 0 Å². The number of amidine groups is 1. The van der Waals surface area contributed by atoms with Gasteiger partial charge in [-0.15, -0.1) is 0 Å². The van der Waals surface area contributed by atoms with E-state index in [1.807, 2.05) is 0 Å². The first-order chi connectivity index (χ1) is 9.72. The van der Waals surface area contributed by atoms with E-state index in [-0.39, 0.29) is 6.04 Å². The van der Waals surface area contributed by atoms with Crippen molar-refractivity contribution < 1.29 is 27.2 Å². The molecule has 0 aromatic rings. The van der Waals surface area contributed by atoms with Gasteiger partial charge < -0.3 is 10.6 Å². The first kappa shape index (κ1) is 16.1. The molecule has 2 rings (SSSR count). The molecule has 1 saturated carbocycles. The molecule has 2 aliphatic rings. The van der Waals surface area contributed by atoms with Gasteiger partial charge in [-0.3, -0.25) is 4.79 Å². The van der Waals surface area contributed by atoms with Crippen LogP contribution in [0.25, 0.3) is 0 Å². The summed E-state index contributed by atoms with van der Waals surface area (Å²) in [6, 6.07) is -0.966. The Morgan fingerprint density at radius 1 is 1.33 bits per heavy atom. The van der Waals surface area contributed by atoms with Crippen molar-refractivity contribution in [3.8, 4) is 0 Å². The van der Waals surface area contributed by atoms with E-state index in [2.05, 4.69) is 10.3 Å². The summed E-state index contributed by atoms with van der Waals surface area (Å²) in [4.78, 5) is 25.9. The maximum atomic E-state index is 13.6. The summed E-state index contributed by atoms with van der Waals surface area (Å²) in [5.41, 5.74) is 0. The normalized spacial score (nSPS) is 29.5. The van der Waals surface area contributed by atoms with Crippen molar-refractivity contribution in [2.45, 2.75) is 49.3 Å². The smallest absolute Gasteiger partial charge is 0.333 e. The van der Waals surface area contributed by atoms with Crippen molar-refractivity contribution in [2.24, 2.45) is 4.99 Å². The average Bonchev–Trinajstić information content (AvgIpc) is 2.66. The van der Waals surface area contributed by atoms with Crippen molar-refractivity contribution >= 4 is 28.9 Å². The van der Waals surface area contributed by atoms with Crippen LogP contribution in [-0.4, -0.2) is 34.3 Å². The molecule has 1 atom stereocenters. The average molecular weight is 327 g/mol. The van der Waals surface area contributed by atoms with Crippen molar-refractivity contribution in [3.63, 3.8) is 0 Å². The van der Waals surface area contributed by atoms with Gasteiger partial charge in [-0.1, -0.05) is 19.3 Å². The number of hydrogen-bond donors (Lipinski definition) is 2.